The van der Waals surface area contributed by atoms with Crippen LogP contribution in [-0.4, -0.2) is 31.7 Å². The van der Waals surface area contributed by atoms with E-state index in [9.17, 15) is 0 Å². The largest absolute Gasteiger partial charge is 0.497 e. The average Bonchev–Trinajstić information content (AvgIpc) is 3.51. The van der Waals surface area contributed by atoms with Crippen LogP contribution < -0.4 is 4.74 Å². The zero-order valence-corrected chi connectivity index (χ0v) is 18.3. The quantitative estimate of drug-likeness (QED) is 0.317. The van der Waals surface area contributed by atoms with E-state index in [-0.39, 0.29) is 0 Å². The summed E-state index contributed by atoms with van der Waals surface area (Å²) < 4.78 is 9.26. The maximum Gasteiger partial charge on any atom is 0.195 e. The summed E-state index contributed by atoms with van der Waals surface area (Å²) in [7, 11) is 1.66. The minimum Gasteiger partial charge on any atom is -0.497 e. The molecule has 0 aliphatic carbocycles. The molecule has 0 saturated heterocycles. The molecule has 0 N–H and O–H groups in total. The molecule has 158 valence electrons. The fourth-order valence-corrected chi connectivity index (χ4v) is 4.36. The fraction of sp³-hybridized carbons (Fsp3) is 0.0800. The first kappa shape index (κ1) is 20.1. The molecule has 0 aliphatic rings. The maximum absolute atomic E-state index is 5.36. The monoisotopic (exact) mass is 439 g/mol. The van der Waals surface area contributed by atoms with Crippen molar-refractivity contribution in [3.63, 3.8) is 0 Å². The Morgan fingerprint density at radius 2 is 1.62 bits per heavy atom. The van der Waals surface area contributed by atoms with E-state index in [4.69, 9.17) is 9.84 Å². The van der Waals surface area contributed by atoms with Gasteiger partial charge in [0, 0.05) is 29.1 Å². The van der Waals surface area contributed by atoms with E-state index in [0.717, 1.165) is 39.1 Å². The van der Waals surface area contributed by atoms with Crippen LogP contribution in [0, 0.1) is 0 Å². The van der Waals surface area contributed by atoms with Gasteiger partial charge in [0.05, 0.1) is 24.2 Å². The topological polar surface area (TPSA) is 57.8 Å². The first-order valence-corrected chi connectivity index (χ1v) is 11.2. The summed E-state index contributed by atoms with van der Waals surface area (Å²) in [6, 6.07) is 28.3. The second-order valence-corrected chi connectivity index (χ2v) is 8.07. The number of ether oxygens (including phenoxy) is 1. The summed E-state index contributed by atoms with van der Waals surface area (Å²) in [4.78, 5) is 0. The molecule has 0 unspecified atom stereocenters. The van der Waals surface area contributed by atoms with Crippen molar-refractivity contribution in [3.05, 3.63) is 103 Å². The lowest BCUT2D eigenvalue weighted by atomic mass is 10.1. The van der Waals surface area contributed by atoms with E-state index in [1.54, 1.807) is 25.2 Å². The first-order chi connectivity index (χ1) is 15.8. The number of aromatic nitrogens is 5. The van der Waals surface area contributed by atoms with E-state index >= 15 is 0 Å². The summed E-state index contributed by atoms with van der Waals surface area (Å²) in [5, 5.41) is 14.2. The Morgan fingerprint density at radius 3 is 2.41 bits per heavy atom. The van der Waals surface area contributed by atoms with Crippen molar-refractivity contribution in [2.45, 2.75) is 10.9 Å². The standard InChI is InChI=1S/C25H21N5OS/c1-31-23-14-8-13-22(15-23)29-18-26-27-25(29)32-17-20-16-30(21-11-6-3-7-12-21)28-24(20)19-9-4-2-5-10-19/h2-16,18H,17H2,1H3. The summed E-state index contributed by atoms with van der Waals surface area (Å²) in [6.07, 6.45) is 3.82. The van der Waals surface area contributed by atoms with Gasteiger partial charge in [-0.2, -0.15) is 5.10 Å². The van der Waals surface area contributed by atoms with Crippen molar-refractivity contribution in [1.82, 2.24) is 24.5 Å². The van der Waals surface area contributed by atoms with E-state index in [2.05, 4.69) is 40.7 Å². The van der Waals surface area contributed by atoms with Gasteiger partial charge in [0.1, 0.15) is 12.1 Å². The van der Waals surface area contributed by atoms with Crippen LogP contribution in [0.3, 0.4) is 0 Å². The van der Waals surface area contributed by atoms with Gasteiger partial charge in [0.25, 0.3) is 0 Å². The van der Waals surface area contributed by atoms with Crippen LogP contribution in [0.4, 0.5) is 0 Å². The van der Waals surface area contributed by atoms with Crippen LogP contribution in [0.2, 0.25) is 0 Å². The Hall–Kier alpha value is -3.84. The Bertz CT molecular complexity index is 1310. The highest BCUT2D eigenvalue weighted by molar-refractivity contribution is 7.98. The van der Waals surface area contributed by atoms with Crippen molar-refractivity contribution < 1.29 is 4.74 Å². The van der Waals surface area contributed by atoms with Crippen LogP contribution in [0.15, 0.2) is 103 Å². The molecular weight excluding hydrogens is 418 g/mol. The third-order valence-electron chi connectivity index (χ3n) is 5.06. The van der Waals surface area contributed by atoms with Crippen LogP contribution in [0.5, 0.6) is 5.75 Å². The maximum atomic E-state index is 5.36. The Labute approximate surface area is 190 Å². The highest BCUT2D eigenvalue weighted by atomic mass is 32.2. The predicted octanol–water partition coefficient (Wildman–Crippen LogP) is 5.42. The number of rotatable bonds is 7. The third-order valence-corrected chi connectivity index (χ3v) is 6.05. The van der Waals surface area contributed by atoms with Gasteiger partial charge in [0.15, 0.2) is 5.16 Å². The molecule has 5 aromatic rings. The van der Waals surface area contributed by atoms with Gasteiger partial charge in [0.2, 0.25) is 0 Å². The zero-order chi connectivity index (χ0) is 21.8. The number of thioether (sulfide) groups is 1. The molecule has 7 heteroatoms. The number of para-hydroxylation sites is 1. The third kappa shape index (κ3) is 4.15. The molecule has 0 amide bonds. The molecule has 0 spiro atoms. The highest BCUT2D eigenvalue weighted by Gasteiger charge is 2.15. The average molecular weight is 440 g/mol. The number of benzene rings is 3. The molecule has 32 heavy (non-hydrogen) atoms. The first-order valence-electron chi connectivity index (χ1n) is 10.2. The van der Waals surface area contributed by atoms with Gasteiger partial charge >= 0.3 is 0 Å². The summed E-state index contributed by atoms with van der Waals surface area (Å²) in [5.41, 5.74) is 5.17. The SMILES string of the molecule is COc1cccc(-n2cnnc2SCc2cn(-c3ccccc3)nc2-c2ccccc2)c1. The second kappa shape index (κ2) is 9.11. The molecule has 5 rings (SSSR count). The van der Waals surface area contributed by atoms with Gasteiger partial charge < -0.3 is 4.74 Å². The summed E-state index contributed by atoms with van der Waals surface area (Å²) in [5.74, 6) is 1.50. The van der Waals surface area contributed by atoms with Crippen molar-refractivity contribution in [2.24, 2.45) is 0 Å². The van der Waals surface area contributed by atoms with E-state index < -0.39 is 0 Å². The molecule has 0 aliphatic heterocycles. The van der Waals surface area contributed by atoms with Gasteiger partial charge in [-0.05, 0) is 24.3 Å². The Kier molecular flexibility index (Phi) is 5.72. The lowest BCUT2D eigenvalue weighted by Gasteiger charge is -2.08. The zero-order valence-electron chi connectivity index (χ0n) is 17.5. The van der Waals surface area contributed by atoms with E-state index in [0.29, 0.717) is 5.75 Å². The van der Waals surface area contributed by atoms with Crippen LogP contribution in [0.1, 0.15) is 5.56 Å². The van der Waals surface area contributed by atoms with E-state index in [1.807, 2.05) is 69.9 Å². The minimum atomic E-state index is 0.708. The molecule has 2 heterocycles. The van der Waals surface area contributed by atoms with Crippen molar-refractivity contribution in [3.8, 4) is 28.4 Å². The lowest BCUT2D eigenvalue weighted by Crippen LogP contribution is -1.96. The Morgan fingerprint density at radius 1 is 0.875 bits per heavy atom. The molecule has 0 atom stereocenters. The van der Waals surface area contributed by atoms with Crippen molar-refractivity contribution >= 4 is 11.8 Å². The molecule has 6 nitrogen and oxygen atoms in total. The number of hydrogen-bond donors (Lipinski definition) is 0. The molecule has 3 aromatic carbocycles. The molecule has 0 radical (unpaired) electrons. The smallest absolute Gasteiger partial charge is 0.195 e. The van der Waals surface area contributed by atoms with Crippen molar-refractivity contribution in [2.75, 3.05) is 7.11 Å². The highest BCUT2D eigenvalue weighted by Crippen LogP contribution is 2.30. The van der Waals surface area contributed by atoms with Gasteiger partial charge in [-0.15, -0.1) is 10.2 Å². The normalized spacial score (nSPS) is 10.9. The number of nitrogens with zero attached hydrogens (tertiary/aromatic N) is 5. The predicted molar refractivity (Wildman–Crippen MR) is 126 cm³/mol. The molecule has 0 fully saturated rings. The fourth-order valence-electron chi connectivity index (χ4n) is 3.47. The minimum absolute atomic E-state index is 0.708. The molecule has 0 bridgehead atoms. The second-order valence-electron chi connectivity index (χ2n) is 7.12. The van der Waals surface area contributed by atoms with E-state index in [1.165, 1.54) is 0 Å². The van der Waals surface area contributed by atoms with Crippen LogP contribution in [-0.2, 0) is 5.75 Å². The van der Waals surface area contributed by atoms with Gasteiger partial charge in [-0.3, -0.25) is 4.57 Å². The number of methoxy groups -OCH3 is 1. The molecular formula is C25H21N5OS. The summed E-state index contributed by atoms with van der Waals surface area (Å²) >= 11 is 1.63. The summed E-state index contributed by atoms with van der Waals surface area (Å²) in [6.45, 7) is 0. The van der Waals surface area contributed by atoms with Gasteiger partial charge in [-0.25, -0.2) is 4.68 Å². The lowest BCUT2D eigenvalue weighted by molar-refractivity contribution is 0.414. The van der Waals surface area contributed by atoms with Crippen molar-refractivity contribution in [1.29, 1.82) is 0 Å². The van der Waals surface area contributed by atoms with Gasteiger partial charge in [-0.1, -0.05) is 66.4 Å². The van der Waals surface area contributed by atoms with Crippen LogP contribution >= 0.6 is 11.8 Å². The Balaban J connectivity index is 1.46. The number of hydrogen-bond acceptors (Lipinski definition) is 5. The molecule has 2 aromatic heterocycles. The van der Waals surface area contributed by atoms with Crippen LogP contribution in [0.25, 0.3) is 22.6 Å². The molecule has 0 saturated carbocycles.